The number of benzene rings is 2. The number of hydrogen-bond donors (Lipinski definition) is 2. The van der Waals surface area contributed by atoms with Crippen LogP contribution in [0, 0.1) is 0 Å². The molecule has 1 amide bonds. The van der Waals surface area contributed by atoms with Crippen molar-refractivity contribution < 1.29 is 13.2 Å². The molecule has 0 atom stereocenters. The fourth-order valence-corrected chi connectivity index (χ4v) is 4.20. The summed E-state index contributed by atoms with van der Waals surface area (Å²) in [5.41, 5.74) is 0.990. The SMILES string of the molecule is CCNC(=O)c1ccc(Sc2ccc(NS(=O)(=O)c3ccccc3)cc2)nc1. The van der Waals surface area contributed by atoms with Crippen molar-refractivity contribution in [3.05, 3.63) is 78.5 Å². The van der Waals surface area contributed by atoms with Crippen LogP contribution in [0.5, 0.6) is 0 Å². The lowest BCUT2D eigenvalue weighted by Gasteiger charge is -2.09. The van der Waals surface area contributed by atoms with Crippen molar-refractivity contribution in [1.82, 2.24) is 10.3 Å². The zero-order valence-corrected chi connectivity index (χ0v) is 16.8. The van der Waals surface area contributed by atoms with Crippen molar-refractivity contribution >= 4 is 33.4 Å². The number of amides is 1. The van der Waals surface area contributed by atoms with Gasteiger partial charge >= 0.3 is 0 Å². The molecule has 0 fully saturated rings. The van der Waals surface area contributed by atoms with Gasteiger partial charge in [-0.15, -0.1) is 0 Å². The number of rotatable bonds is 7. The van der Waals surface area contributed by atoms with E-state index in [9.17, 15) is 13.2 Å². The van der Waals surface area contributed by atoms with E-state index in [2.05, 4.69) is 15.0 Å². The van der Waals surface area contributed by atoms with Crippen LogP contribution < -0.4 is 10.0 Å². The number of carbonyl (C=O) groups excluding carboxylic acids is 1. The Morgan fingerprint density at radius 2 is 1.71 bits per heavy atom. The van der Waals surface area contributed by atoms with E-state index in [-0.39, 0.29) is 10.8 Å². The number of sulfonamides is 1. The summed E-state index contributed by atoms with van der Waals surface area (Å²) in [6.45, 7) is 2.43. The Balaban J connectivity index is 1.65. The molecular weight excluding hydrogens is 394 g/mol. The molecule has 0 unspecified atom stereocenters. The van der Waals surface area contributed by atoms with Gasteiger partial charge in [-0.05, 0) is 55.5 Å². The van der Waals surface area contributed by atoms with Crippen molar-refractivity contribution in [3.8, 4) is 0 Å². The summed E-state index contributed by atoms with van der Waals surface area (Å²) in [6, 6.07) is 18.7. The summed E-state index contributed by atoms with van der Waals surface area (Å²) in [7, 11) is -3.61. The fourth-order valence-electron chi connectivity index (χ4n) is 2.36. The zero-order valence-electron chi connectivity index (χ0n) is 15.1. The van der Waals surface area contributed by atoms with Gasteiger partial charge in [0.25, 0.3) is 15.9 Å². The third kappa shape index (κ3) is 5.11. The van der Waals surface area contributed by atoms with Gasteiger partial charge in [0, 0.05) is 23.3 Å². The van der Waals surface area contributed by atoms with E-state index in [1.807, 2.05) is 19.1 Å². The molecule has 144 valence electrons. The molecule has 0 saturated heterocycles. The van der Waals surface area contributed by atoms with Gasteiger partial charge < -0.3 is 5.32 Å². The molecule has 0 spiro atoms. The van der Waals surface area contributed by atoms with Crippen molar-refractivity contribution in [3.63, 3.8) is 0 Å². The summed E-state index contributed by atoms with van der Waals surface area (Å²) in [6.07, 6.45) is 1.54. The van der Waals surface area contributed by atoms with Crippen LogP contribution in [0.2, 0.25) is 0 Å². The first-order chi connectivity index (χ1) is 13.5. The van der Waals surface area contributed by atoms with Gasteiger partial charge in [0.2, 0.25) is 0 Å². The van der Waals surface area contributed by atoms with E-state index in [0.717, 1.165) is 9.92 Å². The van der Waals surface area contributed by atoms with E-state index in [4.69, 9.17) is 0 Å². The highest BCUT2D eigenvalue weighted by Gasteiger charge is 2.13. The number of carbonyl (C=O) groups is 1. The Morgan fingerprint density at radius 3 is 2.32 bits per heavy atom. The fraction of sp³-hybridized carbons (Fsp3) is 0.100. The molecule has 8 heteroatoms. The minimum absolute atomic E-state index is 0.151. The van der Waals surface area contributed by atoms with E-state index < -0.39 is 10.0 Å². The predicted octanol–water partition coefficient (Wildman–Crippen LogP) is 3.78. The average molecular weight is 414 g/mol. The van der Waals surface area contributed by atoms with Crippen LogP contribution in [0.4, 0.5) is 5.69 Å². The molecule has 3 aromatic rings. The molecule has 0 bridgehead atoms. The van der Waals surface area contributed by atoms with Crippen LogP contribution in [0.3, 0.4) is 0 Å². The maximum absolute atomic E-state index is 12.4. The summed E-state index contributed by atoms with van der Waals surface area (Å²) >= 11 is 1.42. The molecule has 28 heavy (non-hydrogen) atoms. The highest BCUT2D eigenvalue weighted by atomic mass is 32.2. The molecule has 3 rings (SSSR count). The minimum Gasteiger partial charge on any atom is -0.352 e. The Bertz CT molecular complexity index is 1040. The first-order valence-corrected chi connectivity index (χ1v) is 10.9. The number of aromatic nitrogens is 1. The third-order valence-electron chi connectivity index (χ3n) is 3.72. The molecule has 0 radical (unpaired) electrons. The van der Waals surface area contributed by atoms with Gasteiger partial charge in [-0.2, -0.15) is 0 Å². The lowest BCUT2D eigenvalue weighted by molar-refractivity contribution is 0.0955. The van der Waals surface area contributed by atoms with Crippen LogP contribution in [0.15, 0.2) is 87.7 Å². The van der Waals surface area contributed by atoms with E-state index in [0.29, 0.717) is 17.8 Å². The smallest absolute Gasteiger partial charge is 0.261 e. The lowest BCUT2D eigenvalue weighted by atomic mass is 10.3. The number of anilines is 1. The summed E-state index contributed by atoms with van der Waals surface area (Å²) < 4.78 is 27.3. The number of pyridine rings is 1. The average Bonchev–Trinajstić information content (AvgIpc) is 2.71. The molecule has 6 nitrogen and oxygen atoms in total. The molecule has 0 aliphatic heterocycles. The number of nitrogens with one attached hydrogen (secondary N) is 2. The van der Waals surface area contributed by atoms with Crippen molar-refractivity contribution in [2.75, 3.05) is 11.3 Å². The molecule has 0 saturated carbocycles. The summed E-state index contributed by atoms with van der Waals surface area (Å²) in [4.78, 5) is 17.2. The summed E-state index contributed by atoms with van der Waals surface area (Å²) in [5, 5.41) is 3.47. The van der Waals surface area contributed by atoms with Gasteiger partial charge in [-0.1, -0.05) is 30.0 Å². The Labute approximate surface area is 168 Å². The first-order valence-electron chi connectivity index (χ1n) is 8.58. The van der Waals surface area contributed by atoms with E-state index >= 15 is 0 Å². The van der Waals surface area contributed by atoms with Crippen molar-refractivity contribution in [2.45, 2.75) is 21.7 Å². The first kappa shape index (κ1) is 19.9. The second-order valence-electron chi connectivity index (χ2n) is 5.79. The van der Waals surface area contributed by atoms with Crippen LogP contribution in [0.25, 0.3) is 0 Å². The zero-order chi connectivity index (χ0) is 20.0. The quantitative estimate of drug-likeness (QED) is 0.615. The molecule has 1 heterocycles. The highest BCUT2D eigenvalue weighted by Crippen LogP contribution is 2.27. The normalized spacial score (nSPS) is 11.0. The predicted molar refractivity (Wildman–Crippen MR) is 110 cm³/mol. The van der Waals surface area contributed by atoms with Crippen molar-refractivity contribution in [1.29, 1.82) is 0 Å². The van der Waals surface area contributed by atoms with Crippen LogP contribution in [0.1, 0.15) is 17.3 Å². The van der Waals surface area contributed by atoms with E-state index in [1.165, 1.54) is 18.0 Å². The lowest BCUT2D eigenvalue weighted by Crippen LogP contribution is -2.22. The Kier molecular flexibility index (Phi) is 6.33. The number of hydrogen-bond acceptors (Lipinski definition) is 5. The molecule has 0 aliphatic rings. The maximum Gasteiger partial charge on any atom is 0.261 e. The summed E-state index contributed by atoms with van der Waals surface area (Å²) in [5.74, 6) is -0.151. The second-order valence-corrected chi connectivity index (χ2v) is 8.57. The third-order valence-corrected chi connectivity index (χ3v) is 6.07. The van der Waals surface area contributed by atoms with Crippen LogP contribution in [-0.2, 0) is 10.0 Å². The standard InChI is InChI=1S/C20H19N3O3S2/c1-2-21-20(24)15-8-13-19(22-14-15)27-17-11-9-16(10-12-17)23-28(25,26)18-6-4-3-5-7-18/h3-14,23H,2H2,1H3,(H,21,24). The van der Waals surface area contributed by atoms with Gasteiger partial charge in [-0.25, -0.2) is 13.4 Å². The number of nitrogens with zero attached hydrogens (tertiary/aromatic N) is 1. The molecule has 0 aliphatic carbocycles. The van der Waals surface area contributed by atoms with Gasteiger partial charge in [0.15, 0.2) is 0 Å². The van der Waals surface area contributed by atoms with Crippen LogP contribution >= 0.6 is 11.8 Å². The van der Waals surface area contributed by atoms with Crippen LogP contribution in [-0.4, -0.2) is 25.9 Å². The highest BCUT2D eigenvalue weighted by molar-refractivity contribution is 7.99. The monoisotopic (exact) mass is 413 g/mol. The van der Waals surface area contributed by atoms with E-state index in [1.54, 1.807) is 54.6 Å². The maximum atomic E-state index is 12.4. The largest absolute Gasteiger partial charge is 0.352 e. The molecule has 1 aromatic heterocycles. The molecule has 2 aromatic carbocycles. The van der Waals surface area contributed by atoms with Gasteiger partial charge in [-0.3, -0.25) is 9.52 Å². The van der Waals surface area contributed by atoms with Gasteiger partial charge in [0.05, 0.1) is 10.5 Å². The Morgan fingerprint density at radius 1 is 1.00 bits per heavy atom. The minimum atomic E-state index is -3.61. The second kappa shape index (κ2) is 8.90. The Hall–Kier alpha value is -2.84. The molecular formula is C20H19N3O3S2. The molecule has 2 N–H and O–H groups in total. The topological polar surface area (TPSA) is 88.2 Å². The van der Waals surface area contributed by atoms with Gasteiger partial charge in [0.1, 0.15) is 5.03 Å². The van der Waals surface area contributed by atoms with Crippen molar-refractivity contribution in [2.24, 2.45) is 0 Å².